The third-order valence-corrected chi connectivity index (χ3v) is 4.37. The summed E-state index contributed by atoms with van der Waals surface area (Å²) in [5.41, 5.74) is 0.893. The summed E-state index contributed by atoms with van der Waals surface area (Å²) in [5, 5.41) is 0. The van der Waals surface area contributed by atoms with Gasteiger partial charge in [0.25, 0.3) is 0 Å². The molecule has 0 atom stereocenters. The number of allylic oxidation sites excluding steroid dienone is 1. The highest BCUT2D eigenvalue weighted by atomic mass is 19.1. The summed E-state index contributed by atoms with van der Waals surface area (Å²) in [6, 6.07) is 15.8. The Balaban J connectivity index is 1.48. The maximum atomic E-state index is 13.8. The number of carbonyl (C=O) groups is 2. The highest BCUT2D eigenvalue weighted by Gasteiger charge is 2.28. The lowest BCUT2D eigenvalue weighted by Crippen LogP contribution is -2.11. The van der Waals surface area contributed by atoms with Crippen LogP contribution in [0.2, 0.25) is 0 Å². The van der Waals surface area contributed by atoms with E-state index < -0.39 is 11.6 Å². The molecule has 0 aromatic heterocycles. The van der Waals surface area contributed by atoms with Crippen LogP contribution in [0.15, 0.2) is 72.5 Å². The van der Waals surface area contributed by atoms with Crippen LogP contribution in [0.1, 0.15) is 26.3 Å². The summed E-state index contributed by atoms with van der Waals surface area (Å²) in [6.07, 6.45) is 1.34. The van der Waals surface area contributed by atoms with Gasteiger partial charge in [0.15, 0.2) is 18.1 Å². The Labute approximate surface area is 165 Å². The number of hydrogen-bond acceptors (Lipinski definition) is 4. The fourth-order valence-corrected chi connectivity index (χ4v) is 2.86. The molecule has 0 bridgehead atoms. The molecule has 0 radical (unpaired) electrons. The van der Waals surface area contributed by atoms with Gasteiger partial charge in [-0.3, -0.25) is 9.59 Å². The average molecular weight is 392 g/mol. The number of carbonyl (C=O) groups excluding carboxylic acids is 2. The van der Waals surface area contributed by atoms with Gasteiger partial charge in [0.05, 0.1) is 5.56 Å². The first kappa shape index (κ1) is 18.6. The first-order valence-electron chi connectivity index (χ1n) is 8.75. The van der Waals surface area contributed by atoms with Crippen molar-refractivity contribution in [1.29, 1.82) is 0 Å². The van der Waals surface area contributed by atoms with Crippen LogP contribution < -0.4 is 9.47 Å². The van der Waals surface area contributed by atoms with E-state index in [4.69, 9.17) is 9.47 Å². The van der Waals surface area contributed by atoms with Gasteiger partial charge in [-0.05, 0) is 48.5 Å². The number of ketones is 2. The molecule has 1 heterocycles. The second-order valence-electron chi connectivity index (χ2n) is 6.34. The van der Waals surface area contributed by atoms with Crippen LogP contribution in [0.5, 0.6) is 11.5 Å². The van der Waals surface area contributed by atoms with E-state index in [1.165, 1.54) is 54.6 Å². The minimum absolute atomic E-state index is 0.00429. The van der Waals surface area contributed by atoms with Crippen molar-refractivity contribution in [3.05, 3.63) is 101 Å². The van der Waals surface area contributed by atoms with Gasteiger partial charge in [0.1, 0.15) is 23.1 Å². The number of fused-ring (bicyclic) bond motifs is 1. The summed E-state index contributed by atoms with van der Waals surface area (Å²) in [7, 11) is 0. The van der Waals surface area contributed by atoms with Crippen LogP contribution in [0.4, 0.5) is 8.78 Å². The number of benzene rings is 3. The molecule has 0 saturated carbocycles. The summed E-state index contributed by atoms with van der Waals surface area (Å²) < 4.78 is 37.8. The Hall–Kier alpha value is -3.80. The van der Waals surface area contributed by atoms with E-state index in [1.807, 2.05) is 0 Å². The van der Waals surface area contributed by atoms with Crippen LogP contribution in [0.3, 0.4) is 0 Å². The third kappa shape index (κ3) is 3.91. The van der Waals surface area contributed by atoms with Gasteiger partial charge < -0.3 is 9.47 Å². The number of rotatable bonds is 5. The number of Topliss-reactive ketones (excluding diaryl/α,β-unsaturated/α-hetero) is 2. The van der Waals surface area contributed by atoms with Gasteiger partial charge in [-0.1, -0.05) is 18.2 Å². The van der Waals surface area contributed by atoms with Gasteiger partial charge in [0, 0.05) is 17.2 Å². The largest absolute Gasteiger partial charge is 0.485 e. The van der Waals surface area contributed by atoms with E-state index in [0.29, 0.717) is 16.9 Å². The number of halogens is 2. The second kappa shape index (κ2) is 7.67. The maximum absolute atomic E-state index is 13.8. The lowest BCUT2D eigenvalue weighted by Gasteiger charge is -2.07. The quantitative estimate of drug-likeness (QED) is 0.460. The fraction of sp³-hybridized carbons (Fsp3) is 0.0435. The Morgan fingerprint density at radius 2 is 1.76 bits per heavy atom. The molecule has 29 heavy (non-hydrogen) atoms. The third-order valence-electron chi connectivity index (χ3n) is 4.37. The maximum Gasteiger partial charge on any atom is 0.231 e. The van der Waals surface area contributed by atoms with Crippen molar-refractivity contribution >= 4 is 17.6 Å². The van der Waals surface area contributed by atoms with Gasteiger partial charge in [-0.25, -0.2) is 8.78 Å². The van der Waals surface area contributed by atoms with E-state index in [9.17, 15) is 18.4 Å². The van der Waals surface area contributed by atoms with E-state index in [2.05, 4.69) is 0 Å². The molecule has 4 rings (SSSR count). The molecule has 0 N–H and O–H groups in total. The van der Waals surface area contributed by atoms with Crippen molar-refractivity contribution in [2.45, 2.75) is 0 Å². The molecule has 0 amide bonds. The molecule has 3 aromatic rings. The van der Waals surface area contributed by atoms with Gasteiger partial charge in [-0.2, -0.15) is 0 Å². The minimum atomic E-state index is -0.462. The SMILES string of the molecule is O=C(COc1ccc2c(c1)O/C(=C\c1ccccc1F)C2=O)c1ccc(F)cc1. The topological polar surface area (TPSA) is 52.6 Å². The lowest BCUT2D eigenvalue weighted by molar-refractivity contribution is 0.0920. The second-order valence-corrected chi connectivity index (χ2v) is 6.34. The van der Waals surface area contributed by atoms with Gasteiger partial charge in [-0.15, -0.1) is 0 Å². The van der Waals surface area contributed by atoms with E-state index in [1.54, 1.807) is 18.2 Å². The Bertz CT molecular complexity index is 1130. The zero-order chi connectivity index (χ0) is 20.4. The van der Waals surface area contributed by atoms with Crippen molar-refractivity contribution in [3.8, 4) is 11.5 Å². The van der Waals surface area contributed by atoms with Crippen molar-refractivity contribution in [1.82, 2.24) is 0 Å². The molecule has 3 aromatic carbocycles. The molecular weight excluding hydrogens is 378 g/mol. The van der Waals surface area contributed by atoms with Crippen LogP contribution >= 0.6 is 0 Å². The molecule has 0 spiro atoms. The summed E-state index contributed by atoms with van der Waals surface area (Å²) in [6.45, 7) is -0.254. The molecule has 0 aliphatic carbocycles. The van der Waals surface area contributed by atoms with Crippen molar-refractivity contribution in [2.24, 2.45) is 0 Å². The lowest BCUT2D eigenvalue weighted by atomic mass is 10.1. The molecule has 6 heteroatoms. The van der Waals surface area contributed by atoms with Crippen LogP contribution in [-0.2, 0) is 0 Å². The molecule has 1 aliphatic rings. The van der Waals surface area contributed by atoms with Crippen molar-refractivity contribution < 1.29 is 27.8 Å². The Kier molecular flexibility index (Phi) is 4.91. The summed E-state index contributed by atoms with van der Waals surface area (Å²) in [5.74, 6) is -0.967. The Morgan fingerprint density at radius 1 is 1.00 bits per heavy atom. The zero-order valence-electron chi connectivity index (χ0n) is 15.0. The smallest absolute Gasteiger partial charge is 0.231 e. The van der Waals surface area contributed by atoms with Gasteiger partial charge in [0.2, 0.25) is 5.78 Å². The first-order chi connectivity index (χ1) is 14.0. The highest BCUT2D eigenvalue weighted by Crippen LogP contribution is 2.35. The monoisotopic (exact) mass is 392 g/mol. The molecule has 4 nitrogen and oxygen atoms in total. The number of ether oxygens (including phenoxy) is 2. The van der Waals surface area contributed by atoms with Crippen molar-refractivity contribution in [3.63, 3.8) is 0 Å². The minimum Gasteiger partial charge on any atom is -0.485 e. The fourth-order valence-electron chi connectivity index (χ4n) is 2.86. The zero-order valence-corrected chi connectivity index (χ0v) is 15.0. The van der Waals surface area contributed by atoms with Crippen molar-refractivity contribution in [2.75, 3.05) is 6.61 Å². The normalized spacial score (nSPS) is 13.9. The average Bonchev–Trinajstić information content (AvgIpc) is 3.03. The molecule has 0 fully saturated rings. The molecule has 0 saturated heterocycles. The predicted octanol–water partition coefficient (Wildman–Crippen LogP) is 4.84. The van der Waals surface area contributed by atoms with E-state index in [-0.39, 0.29) is 35.2 Å². The van der Waals surface area contributed by atoms with Crippen LogP contribution in [0.25, 0.3) is 6.08 Å². The van der Waals surface area contributed by atoms with Crippen LogP contribution in [-0.4, -0.2) is 18.2 Å². The summed E-state index contributed by atoms with van der Waals surface area (Å²) >= 11 is 0. The van der Waals surface area contributed by atoms with Crippen LogP contribution in [0, 0.1) is 11.6 Å². The Morgan fingerprint density at radius 3 is 2.52 bits per heavy atom. The summed E-state index contributed by atoms with van der Waals surface area (Å²) in [4.78, 5) is 24.6. The molecule has 1 aliphatic heterocycles. The van der Waals surface area contributed by atoms with E-state index >= 15 is 0 Å². The number of hydrogen-bond donors (Lipinski definition) is 0. The first-order valence-corrected chi connectivity index (χ1v) is 8.75. The molecule has 144 valence electrons. The standard InChI is InChI=1S/C23H14F2O4/c24-16-7-5-14(6-8-16)20(26)13-28-17-9-10-18-21(12-17)29-22(23(18)27)11-15-3-1-2-4-19(15)25/h1-12H,13H2/b22-11-. The predicted molar refractivity (Wildman–Crippen MR) is 102 cm³/mol. The van der Waals surface area contributed by atoms with E-state index in [0.717, 1.165) is 0 Å². The molecule has 0 unspecified atom stereocenters. The van der Waals surface area contributed by atoms with Gasteiger partial charge >= 0.3 is 0 Å². The highest BCUT2D eigenvalue weighted by molar-refractivity contribution is 6.14. The molecular formula is C23H14F2O4.